The summed E-state index contributed by atoms with van der Waals surface area (Å²) in [6.07, 6.45) is 0. The lowest BCUT2D eigenvalue weighted by Crippen LogP contribution is -2.31. The lowest BCUT2D eigenvalue weighted by molar-refractivity contribution is 0.216. The van der Waals surface area contributed by atoms with E-state index < -0.39 is 0 Å². The predicted octanol–water partition coefficient (Wildman–Crippen LogP) is 4.32. The average Bonchev–Trinajstić information content (AvgIpc) is 2.80. The Morgan fingerprint density at radius 1 is 1.30 bits per heavy atom. The minimum Gasteiger partial charge on any atom is -0.452 e. The summed E-state index contributed by atoms with van der Waals surface area (Å²) in [4.78, 5) is 13.7. The highest BCUT2D eigenvalue weighted by molar-refractivity contribution is 9.10. The van der Waals surface area contributed by atoms with Gasteiger partial charge in [0, 0.05) is 12.7 Å². The number of hydrogen-bond donors (Lipinski definition) is 1. The van der Waals surface area contributed by atoms with Crippen molar-refractivity contribution in [3.8, 4) is 0 Å². The Labute approximate surface area is 126 Å². The zero-order chi connectivity index (χ0) is 14.7. The molecule has 0 unspecified atom stereocenters. The number of benzene rings is 1. The van der Waals surface area contributed by atoms with E-state index in [0.717, 1.165) is 22.6 Å². The zero-order valence-corrected chi connectivity index (χ0v) is 13.3. The highest BCUT2D eigenvalue weighted by Crippen LogP contribution is 2.19. The van der Waals surface area contributed by atoms with Crippen LogP contribution in [0.15, 0.2) is 39.4 Å². The highest BCUT2D eigenvalue weighted by Gasteiger charge is 2.12. The van der Waals surface area contributed by atoms with Gasteiger partial charge in [0.15, 0.2) is 4.67 Å². The van der Waals surface area contributed by atoms with Gasteiger partial charge in [0.2, 0.25) is 0 Å². The van der Waals surface area contributed by atoms with Crippen molar-refractivity contribution in [3.05, 3.63) is 51.9 Å². The van der Waals surface area contributed by atoms with Gasteiger partial charge in [0.25, 0.3) is 0 Å². The molecular formula is C15H17BrN2O2. The molecule has 0 aliphatic rings. The van der Waals surface area contributed by atoms with E-state index in [1.54, 1.807) is 11.9 Å². The van der Waals surface area contributed by atoms with Crippen molar-refractivity contribution in [1.29, 1.82) is 0 Å². The molecule has 0 saturated carbocycles. The van der Waals surface area contributed by atoms with Gasteiger partial charge in [-0.05, 0) is 59.1 Å². The molecule has 2 amide bonds. The second kappa shape index (κ2) is 6.13. The van der Waals surface area contributed by atoms with Crippen molar-refractivity contribution in [2.45, 2.75) is 20.4 Å². The monoisotopic (exact) mass is 336 g/mol. The number of hydrogen-bond acceptors (Lipinski definition) is 2. The quantitative estimate of drug-likeness (QED) is 0.906. The zero-order valence-electron chi connectivity index (χ0n) is 11.7. The SMILES string of the molecule is Cc1cccc(NC(=O)N(C)Cc2ccc(Br)o2)c1C. The van der Waals surface area contributed by atoms with Gasteiger partial charge in [-0.15, -0.1) is 0 Å². The summed E-state index contributed by atoms with van der Waals surface area (Å²) >= 11 is 3.24. The van der Waals surface area contributed by atoms with E-state index in [2.05, 4.69) is 21.2 Å². The first-order chi connectivity index (χ1) is 9.47. The Kier molecular flexibility index (Phi) is 4.49. The van der Waals surface area contributed by atoms with E-state index in [9.17, 15) is 4.79 Å². The molecule has 1 aromatic heterocycles. The first-order valence-corrected chi connectivity index (χ1v) is 7.09. The van der Waals surface area contributed by atoms with Crippen LogP contribution in [0, 0.1) is 13.8 Å². The van der Waals surface area contributed by atoms with E-state index in [4.69, 9.17) is 4.42 Å². The second-order valence-corrected chi connectivity index (χ2v) is 5.52. The molecule has 1 N–H and O–H groups in total. The number of carbonyl (C=O) groups is 1. The lowest BCUT2D eigenvalue weighted by Gasteiger charge is -2.18. The minimum atomic E-state index is -0.161. The second-order valence-electron chi connectivity index (χ2n) is 4.74. The number of amides is 2. The van der Waals surface area contributed by atoms with Gasteiger partial charge in [-0.3, -0.25) is 0 Å². The van der Waals surface area contributed by atoms with Gasteiger partial charge >= 0.3 is 6.03 Å². The third kappa shape index (κ3) is 3.42. The number of urea groups is 1. The molecule has 0 aliphatic carbocycles. The summed E-state index contributed by atoms with van der Waals surface area (Å²) in [6, 6.07) is 9.34. The Balaban J connectivity index is 2.02. The maximum Gasteiger partial charge on any atom is 0.322 e. The van der Waals surface area contributed by atoms with Crippen LogP contribution < -0.4 is 5.32 Å². The molecule has 0 bridgehead atoms. The number of carbonyl (C=O) groups excluding carboxylic acids is 1. The molecular weight excluding hydrogens is 320 g/mol. The summed E-state index contributed by atoms with van der Waals surface area (Å²) < 4.78 is 6.06. The molecule has 1 heterocycles. The summed E-state index contributed by atoms with van der Waals surface area (Å²) in [5, 5.41) is 2.91. The van der Waals surface area contributed by atoms with Crippen LogP contribution in [-0.2, 0) is 6.54 Å². The summed E-state index contributed by atoms with van der Waals surface area (Å²) in [5.74, 6) is 0.732. The van der Waals surface area contributed by atoms with E-state index in [1.165, 1.54) is 0 Å². The van der Waals surface area contributed by atoms with Crippen molar-refractivity contribution < 1.29 is 9.21 Å². The Morgan fingerprint density at radius 3 is 2.70 bits per heavy atom. The fraction of sp³-hybridized carbons (Fsp3) is 0.267. The molecule has 2 aromatic rings. The maximum atomic E-state index is 12.1. The van der Waals surface area contributed by atoms with Crippen LogP contribution in [-0.4, -0.2) is 18.0 Å². The van der Waals surface area contributed by atoms with E-state index in [0.29, 0.717) is 11.2 Å². The Morgan fingerprint density at radius 2 is 2.05 bits per heavy atom. The van der Waals surface area contributed by atoms with Crippen molar-refractivity contribution >= 4 is 27.6 Å². The van der Waals surface area contributed by atoms with Crippen molar-refractivity contribution in [2.24, 2.45) is 0 Å². The Hall–Kier alpha value is -1.75. The van der Waals surface area contributed by atoms with Crippen LogP contribution in [0.4, 0.5) is 10.5 Å². The molecule has 0 fully saturated rings. The van der Waals surface area contributed by atoms with Gasteiger partial charge in [0.1, 0.15) is 5.76 Å². The number of rotatable bonds is 3. The van der Waals surface area contributed by atoms with Gasteiger partial charge in [-0.2, -0.15) is 0 Å². The van der Waals surface area contributed by atoms with E-state index >= 15 is 0 Å². The highest BCUT2D eigenvalue weighted by atomic mass is 79.9. The largest absolute Gasteiger partial charge is 0.452 e. The summed E-state index contributed by atoms with van der Waals surface area (Å²) in [6.45, 7) is 4.44. The molecule has 0 saturated heterocycles. The number of halogens is 1. The van der Waals surface area contributed by atoms with Crippen LogP contribution in [0.2, 0.25) is 0 Å². The summed E-state index contributed by atoms with van der Waals surface area (Å²) in [7, 11) is 1.73. The van der Waals surface area contributed by atoms with E-state index in [1.807, 2.05) is 44.2 Å². The van der Waals surface area contributed by atoms with Crippen molar-refractivity contribution in [1.82, 2.24) is 4.90 Å². The molecule has 0 aliphatic heterocycles. The molecule has 0 radical (unpaired) electrons. The van der Waals surface area contributed by atoms with Crippen LogP contribution in [0.3, 0.4) is 0 Å². The molecule has 1 aromatic carbocycles. The first kappa shape index (κ1) is 14.7. The number of aryl methyl sites for hydroxylation is 1. The lowest BCUT2D eigenvalue weighted by atomic mass is 10.1. The fourth-order valence-corrected chi connectivity index (χ4v) is 2.18. The smallest absolute Gasteiger partial charge is 0.322 e. The van der Waals surface area contributed by atoms with Crippen LogP contribution >= 0.6 is 15.9 Å². The standard InChI is InChI=1S/C15H17BrN2O2/c1-10-5-4-6-13(11(10)2)17-15(19)18(3)9-12-7-8-14(16)20-12/h4-8H,9H2,1-3H3,(H,17,19). The molecule has 5 heteroatoms. The minimum absolute atomic E-state index is 0.161. The number of nitrogens with zero attached hydrogens (tertiary/aromatic N) is 1. The van der Waals surface area contributed by atoms with Crippen molar-refractivity contribution in [2.75, 3.05) is 12.4 Å². The van der Waals surface area contributed by atoms with Gasteiger partial charge in [-0.25, -0.2) is 4.79 Å². The first-order valence-electron chi connectivity index (χ1n) is 6.30. The van der Waals surface area contributed by atoms with Crippen molar-refractivity contribution in [3.63, 3.8) is 0 Å². The Bertz CT molecular complexity index is 622. The molecule has 0 atom stereocenters. The van der Waals surface area contributed by atoms with Crippen LogP contribution in [0.5, 0.6) is 0 Å². The number of nitrogens with one attached hydrogen (secondary N) is 1. The third-order valence-corrected chi connectivity index (χ3v) is 3.64. The molecule has 2 rings (SSSR count). The topological polar surface area (TPSA) is 45.5 Å². The fourth-order valence-electron chi connectivity index (χ4n) is 1.84. The summed E-state index contributed by atoms with van der Waals surface area (Å²) in [5.41, 5.74) is 3.07. The van der Waals surface area contributed by atoms with Crippen LogP contribution in [0.25, 0.3) is 0 Å². The van der Waals surface area contributed by atoms with Crippen LogP contribution in [0.1, 0.15) is 16.9 Å². The number of anilines is 1. The van der Waals surface area contributed by atoms with Gasteiger partial charge in [0.05, 0.1) is 6.54 Å². The molecule has 0 spiro atoms. The molecule has 20 heavy (non-hydrogen) atoms. The number of furan rings is 1. The van der Waals surface area contributed by atoms with E-state index in [-0.39, 0.29) is 6.03 Å². The predicted molar refractivity (Wildman–Crippen MR) is 82.8 cm³/mol. The third-order valence-electron chi connectivity index (χ3n) is 3.21. The van der Waals surface area contributed by atoms with Gasteiger partial charge < -0.3 is 14.6 Å². The molecule has 4 nitrogen and oxygen atoms in total. The molecule has 106 valence electrons. The maximum absolute atomic E-state index is 12.1. The normalized spacial score (nSPS) is 10.4. The van der Waals surface area contributed by atoms with Gasteiger partial charge in [-0.1, -0.05) is 12.1 Å². The average molecular weight is 337 g/mol.